The van der Waals surface area contributed by atoms with Crippen LogP contribution in [0.5, 0.6) is 5.75 Å². The van der Waals surface area contributed by atoms with Gasteiger partial charge in [-0.1, -0.05) is 18.2 Å². The molecule has 1 aliphatic rings. The third kappa shape index (κ3) is 5.09. The Balaban J connectivity index is 1.53. The average Bonchev–Trinajstić information content (AvgIpc) is 2.88. The second-order valence-corrected chi connectivity index (χ2v) is 9.46. The Labute approximate surface area is 194 Å². The molecule has 1 fully saturated rings. The van der Waals surface area contributed by atoms with E-state index in [-0.39, 0.29) is 17.3 Å². The standard InChI is InChI=1S/C24H26N4O4S/c1-32-22-11-9-21(10-12-22)28(33(30,31)23-8-5-13-25-18-23)19-24(29)27-16-14-26(15-17-27)20-6-3-2-4-7-20/h2-13,18H,14-17,19H2,1H3. The van der Waals surface area contributed by atoms with Gasteiger partial charge in [0.1, 0.15) is 17.2 Å². The minimum absolute atomic E-state index is 0.0301. The lowest BCUT2D eigenvalue weighted by Crippen LogP contribution is -2.52. The molecule has 9 heteroatoms. The lowest BCUT2D eigenvalue weighted by Gasteiger charge is -2.37. The molecule has 8 nitrogen and oxygen atoms in total. The van der Waals surface area contributed by atoms with Crippen molar-refractivity contribution < 1.29 is 17.9 Å². The van der Waals surface area contributed by atoms with Gasteiger partial charge < -0.3 is 14.5 Å². The van der Waals surface area contributed by atoms with Crippen LogP contribution in [0.25, 0.3) is 0 Å². The fraction of sp³-hybridized carbons (Fsp3) is 0.250. The number of piperazine rings is 1. The lowest BCUT2D eigenvalue weighted by molar-refractivity contribution is -0.129. The molecule has 0 radical (unpaired) electrons. The normalized spacial score (nSPS) is 14.1. The van der Waals surface area contributed by atoms with Gasteiger partial charge in [0.2, 0.25) is 5.91 Å². The van der Waals surface area contributed by atoms with E-state index >= 15 is 0 Å². The SMILES string of the molecule is COc1ccc(N(CC(=O)N2CCN(c3ccccc3)CC2)S(=O)(=O)c2cccnc2)cc1. The number of hydrogen-bond acceptors (Lipinski definition) is 6. The van der Waals surface area contributed by atoms with Crippen molar-refractivity contribution in [2.75, 3.05) is 49.0 Å². The van der Waals surface area contributed by atoms with Crippen LogP contribution in [0, 0.1) is 0 Å². The molecule has 1 aromatic heterocycles. The highest BCUT2D eigenvalue weighted by atomic mass is 32.2. The fourth-order valence-electron chi connectivity index (χ4n) is 3.77. The average molecular weight is 467 g/mol. The third-order valence-corrected chi connectivity index (χ3v) is 7.37. The van der Waals surface area contributed by atoms with E-state index in [2.05, 4.69) is 9.88 Å². The molecule has 2 aromatic carbocycles. The van der Waals surface area contributed by atoms with E-state index in [1.807, 2.05) is 30.3 Å². The zero-order valence-electron chi connectivity index (χ0n) is 18.4. The number of anilines is 2. The lowest BCUT2D eigenvalue weighted by atomic mass is 10.2. The maximum absolute atomic E-state index is 13.4. The van der Waals surface area contributed by atoms with E-state index in [0.29, 0.717) is 37.6 Å². The van der Waals surface area contributed by atoms with Crippen LogP contribution in [0.3, 0.4) is 0 Å². The molecule has 172 valence electrons. The molecule has 33 heavy (non-hydrogen) atoms. The van der Waals surface area contributed by atoms with E-state index in [4.69, 9.17) is 4.74 Å². The predicted octanol–water partition coefficient (Wildman–Crippen LogP) is 2.63. The van der Waals surface area contributed by atoms with E-state index < -0.39 is 10.0 Å². The molecule has 4 rings (SSSR count). The monoisotopic (exact) mass is 466 g/mol. The number of carbonyl (C=O) groups is 1. The first-order valence-electron chi connectivity index (χ1n) is 10.6. The number of hydrogen-bond donors (Lipinski definition) is 0. The Morgan fingerprint density at radius 3 is 2.27 bits per heavy atom. The first-order valence-corrected chi connectivity index (χ1v) is 12.1. The number of rotatable bonds is 7. The number of benzene rings is 2. The van der Waals surface area contributed by atoms with Gasteiger partial charge >= 0.3 is 0 Å². The molecule has 1 aliphatic heterocycles. The molecule has 1 saturated heterocycles. The number of ether oxygens (including phenoxy) is 1. The van der Waals surface area contributed by atoms with Crippen molar-refractivity contribution in [1.29, 1.82) is 0 Å². The summed E-state index contributed by atoms with van der Waals surface area (Å²) in [5, 5.41) is 0. The highest BCUT2D eigenvalue weighted by Gasteiger charge is 2.30. The molecule has 2 heterocycles. The summed E-state index contributed by atoms with van der Waals surface area (Å²) in [6, 6.07) is 19.7. The van der Waals surface area contributed by atoms with Gasteiger partial charge in [0.05, 0.1) is 12.8 Å². The first kappa shape index (κ1) is 22.6. The van der Waals surface area contributed by atoms with E-state index in [0.717, 1.165) is 9.99 Å². The Morgan fingerprint density at radius 1 is 0.970 bits per heavy atom. The summed E-state index contributed by atoms with van der Waals surface area (Å²) in [6.07, 6.45) is 2.79. The zero-order chi connectivity index (χ0) is 23.3. The number of para-hydroxylation sites is 1. The molecule has 0 atom stereocenters. The highest BCUT2D eigenvalue weighted by Crippen LogP contribution is 2.26. The summed E-state index contributed by atoms with van der Waals surface area (Å²) < 4.78 is 33.2. The minimum Gasteiger partial charge on any atom is -0.497 e. The molecule has 0 aliphatic carbocycles. The smallest absolute Gasteiger partial charge is 0.266 e. The maximum atomic E-state index is 13.4. The quantitative estimate of drug-likeness (QED) is 0.532. The van der Waals surface area contributed by atoms with Crippen LogP contribution in [0.1, 0.15) is 0 Å². The van der Waals surface area contributed by atoms with Crippen LogP contribution in [-0.2, 0) is 14.8 Å². The number of sulfonamides is 1. The number of pyridine rings is 1. The summed E-state index contributed by atoms with van der Waals surface area (Å²) in [7, 11) is -2.45. The van der Waals surface area contributed by atoms with Crippen LogP contribution in [0.4, 0.5) is 11.4 Å². The fourth-order valence-corrected chi connectivity index (χ4v) is 5.14. The van der Waals surface area contributed by atoms with Crippen molar-refractivity contribution in [2.24, 2.45) is 0 Å². The largest absolute Gasteiger partial charge is 0.497 e. The first-order chi connectivity index (χ1) is 16.0. The van der Waals surface area contributed by atoms with Gasteiger partial charge in [-0.2, -0.15) is 0 Å². The summed E-state index contributed by atoms with van der Waals surface area (Å²) in [6.45, 7) is 2.13. The molecule has 3 aromatic rings. The van der Waals surface area contributed by atoms with Crippen LogP contribution in [0.2, 0.25) is 0 Å². The van der Waals surface area contributed by atoms with Crippen molar-refractivity contribution in [3.63, 3.8) is 0 Å². The highest BCUT2D eigenvalue weighted by molar-refractivity contribution is 7.92. The van der Waals surface area contributed by atoms with Crippen LogP contribution < -0.4 is 13.9 Å². The van der Waals surface area contributed by atoms with Crippen molar-refractivity contribution >= 4 is 27.3 Å². The predicted molar refractivity (Wildman–Crippen MR) is 127 cm³/mol. The molecule has 0 spiro atoms. The minimum atomic E-state index is -3.99. The number of nitrogens with zero attached hydrogens (tertiary/aromatic N) is 4. The number of carbonyl (C=O) groups excluding carboxylic acids is 1. The summed E-state index contributed by atoms with van der Waals surface area (Å²) in [4.78, 5) is 21.1. The van der Waals surface area contributed by atoms with Crippen molar-refractivity contribution in [2.45, 2.75) is 4.90 Å². The van der Waals surface area contributed by atoms with Gasteiger partial charge in [0.15, 0.2) is 0 Å². The van der Waals surface area contributed by atoms with Crippen molar-refractivity contribution in [3.8, 4) is 5.75 Å². The van der Waals surface area contributed by atoms with Gasteiger partial charge in [-0.05, 0) is 48.5 Å². The molecule has 1 amide bonds. The third-order valence-electron chi connectivity index (χ3n) is 5.62. The molecule has 0 N–H and O–H groups in total. The topological polar surface area (TPSA) is 83.0 Å². The number of amides is 1. The Kier molecular flexibility index (Phi) is 6.79. The molecule has 0 saturated carbocycles. The van der Waals surface area contributed by atoms with E-state index in [1.54, 1.807) is 35.2 Å². The van der Waals surface area contributed by atoms with Gasteiger partial charge in [-0.15, -0.1) is 0 Å². The van der Waals surface area contributed by atoms with Crippen LogP contribution in [0.15, 0.2) is 84.0 Å². The van der Waals surface area contributed by atoms with Gasteiger partial charge in [0, 0.05) is 44.3 Å². The molecule has 0 unspecified atom stereocenters. The second-order valence-electron chi connectivity index (χ2n) is 7.60. The van der Waals surface area contributed by atoms with Crippen molar-refractivity contribution in [3.05, 3.63) is 79.1 Å². The van der Waals surface area contributed by atoms with Gasteiger partial charge in [0.25, 0.3) is 10.0 Å². The second kappa shape index (κ2) is 9.91. The Bertz CT molecular complexity index is 1160. The zero-order valence-corrected chi connectivity index (χ0v) is 19.2. The summed E-state index contributed by atoms with van der Waals surface area (Å²) in [5.41, 5.74) is 1.50. The van der Waals surface area contributed by atoms with Crippen LogP contribution in [-0.4, -0.2) is 64.0 Å². The Hall–Kier alpha value is -3.59. The molecular weight excluding hydrogens is 440 g/mol. The number of aromatic nitrogens is 1. The van der Waals surface area contributed by atoms with Gasteiger partial charge in [-0.3, -0.25) is 14.1 Å². The van der Waals surface area contributed by atoms with Crippen molar-refractivity contribution in [1.82, 2.24) is 9.88 Å². The Morgan fingerprint density at radius 2 is 1.67 bits per heavy atom. The van der Waals surface area contributed by atoms with E-state index in [1.165, 1.54) is 25.6 Å². The summed E-state index contributed by atoms with van der Waals surface area (Å²) >= 11 is 0. The molecular formula is C24H26N4O4S. The van der Waals surface area contributed by atoms with Crippen LogP contribution >= 0.6 is 0 Å². The van der Waals surface area contributed by atoms with E-state index in [9.17, 15) is 13.2 Å². The summed E-state index contributed by atoms with van der Waals surface area (Å²) in [5.74, 6) is 0.354. The maximum Gasteiger partial charge on any atom is 0.266 e. The molecule has 0 bridgehead atoms. The van der Waals surface area contributed by atoms with Gasteiger partial charge in [-0.25, -0.2) is 8.42 Å². The number of methoxy groups -OCH3 is 1.